The number of nitrogens with zero attached hydrogens (tertiary/aromatic N) is 1. The third-order valence-electron chi connectivity index (χ3n) is 4.39. The number of rotatable bonds is 4. The van der Waals surface area contributed by atoms with E-state index in [2.05, 4.69) is 46.6 Å². The molecule has 1 fully saturated rings. The van der Waals surface area contributed by atoms with Crippen molar-refractivity contribution < 1.29 is 4.79 Å². The fourth-order valence-corrected chi connectivity index (χ4v) is 3.27. The van der Waals surface area contributed by atoms with Crippen molar-refractivity contribution >= 4 is 5.91 Å². The van der Waals surface area contributed by atoms with Crippen molar-refractivity contribution in [1.29, 1.82) is 0 Å². The molecule has 1 N–H and O–H groups in total. The molecule has 1 unspecified atom stereocenters. The largest absolute Gasteiger partial charge is 0.355 e. The van der Waals surface area contributed by atoms with Gasteiger partial charge in [-0.05, 0) is 36.1 Å². The molecular formula is C19H22N2O. The number of hydrogen-bond acceptors (Lipinski definition) is 2. The van der Waals surface area contributed by atoms with Gasteiger partial charge in [0.2, 0.25) is 0 Å². The van der Waals surface area contributed by atoms with Gasteiger partial charge >= 0.3 is 0 Å². The lowest BCUT2D eigenvalue weighted by molar-refractivity contribution is 0.0961. The fraction of sp³-hybridized carbons (Fsp3) is 0.316. The smallest absolute Gasteiger partial charge is 0.251 e. The number of hydrogen-bond donors (Lipinski definition) is 1. The molecular weight excluding hydrogens is 272 g/mol. The van der Waals surface area contributed by atoms with E-state index in [0.29, 0.717) is 5.92 Å². The highest BCUT2D eigenvalue weighted by Gasteiger charge is 2.26. The summed E-state index contributed by atoms with van der Waals surface area (Å²) >= 11 is 0. The first-order valence-electron chi connectivity index (χ1n) is 7.85. The summed E-state index contributed by atoms with van der Waals surface area (Å²) in [6, 6.07) is 18.6. The van der Waals surface area contributed by atoms with E-state index in [1.165, 1.54) is 11.1 Å². The van der Waals surface area contributed by atoms with Crippen LogP contribution in [0.25, 0.3) is 0 Å². The number of nitrogens with one attached hydrogen (secondary N) is 1. The zero-order valence-corrected chi connectivity index (χ0v) is 13.0. The summed E-state index contributed by atoms with van der Waals surface area (Å²) in [5.74, 6) is 0.453. The van der Waals surface area contributed by atoms with Crippen LogP contribution in [0.5, 0.6) is 0 Å². The summed E-state index contributed by atoms with van der Waals surface area (Å²) in [4.78, 5) is 14.5. The third kappa shape index (κ3) is 3.20. The van der Waals surface area contributed by atoms with Crippen LogP contribution in [-0.4, -0.2) is 30.9 Å². The normalized spacial score (nSPS) is 18.3. The highest BCUT2D eigenvalue weighted by Crippen LogP contribution is 2.30. The molecule has 3 heteroatoms. The lowest BCUT2D eigenvalue weighted by Gasteiger charge is -2.17. The molecule has 2 aromatic carbocycles. The molecule has 2 aromatic rings. The third-order valence-corrected chi connectivity index (χ3v) is 4.39. The molecule has 114 valence electrons. The van der Waals surface area contributed by atoms with Crippen LogP contribution >= 0.6 is 0 Å². The minimum Gasteiger partial charge on any atom is -0.355 e. The molecule has 1 amide bonds. The van der Waals surface area contributed by atoms with Crippen molar-refractivity contribution in [3.05, 3.63) is 71.3 Å². The SMILES string of the molecule is CNC(=O)c1ccccc1C1CCN(Cc2ccccc2)C1. The number of carbonyl (C=O) groups excluding carboxylic acids is 1. The Morgan fingerprint density at radius 2 is 1.86 bits per heavy atom. The maximum absolute atomic E-state index is 12.0. The summed E-state index contributed by atoms with van der Waals surface area (Å²) in [5.41, 5.74) is 3.34. The predicted molar refractivity (Wildman–Crippen MR) is 88.9 cm³/mol. The van der Waals surface area contributed by atoms with Gasteiger partial charge in [0.15, 0.2) is 0 Å². The van der Waals surface area contributed by atoms with Crippen LogP contribution in [0.3, 0.4) is 0 Å². The molecule has 0 aliphatic carbocycles. The molecule has 0 radical (unpaired) electrons. The second kappa shape index (κ2) is 6.75. The van der Waals surface area contributed by atoms with E-state index in [1.807, 2.05) is 18.2 Å². The highest BCUT2D eigenvalue weighted by atomic mass is 16.1. The van der Waals surface area contributed by atoms with Gasteiger partial charge in [-0.25, -0.2) is 0 Å². The van der Waals surface area contributed by atoms with Crippen molar-refractivity contribution in [3.63, 3.8) is 0 Å². The van der Waals surface area contributed by atoms with Gasteiger partial charge in [0.25, 0.3) is 5.91 Å². The lowest BCUT2D eigenvalue weighted by atomic mass is 9.93. The topological polar surface area (TPSA) is 32.3 Å². The van der Waals surface area contributed by atoms with E-state index >= 15 is 0 Å². The van der Waals surface area contributed by atoms with E-state index in [0.717, 1.165) is 31.6 Å². The molecule has 0 bridgehead atoms. The Bertz CT molecular complexity index is 639. The maximum atomic E-state index is 12.0. The molecule has 22 heavy (non-hydrogen) atoms. The molecule has 0 saturated carbocycles. The Morgan fingerprint density at radius 1 is 1.14 bits per heavy atom. The van der Waals surface area contributed by atoms with E-state index in [4.69, 9.17) is 0 Å². The van der Waals surface area contributed by atoms with Gasteiger partial charge < -0.3 is 5.32 Å². The molecule has 0 aromatic heterocycles. The van der Waals surface area contributed by atoms with Crippen LogP contribution in [-0.2, 0) is 6.54 Å². The van der Waals surface area contributed by atoms with Gasteiger partial charge in [0.05, 0.1) is 0 Å². The number of carbonyl (C=O) groups is 1. The van der Waals surface area contributed by atoms with Crippen LogP contribution in [0.4, 0.5) is 0 Å². The van der Waals surface area contributed by atoms with Crippen LogP contribution in [0.2, 0.25) is 0 Å². The van der Waals surface area contributed by atoms with E-state index in [-0.39, 0.29) is 5.91 Å². The van der Waals surface area contributed by atoms with Gasteiger partial charge in [-0.15, -0.1) is 0 Å². The van der Waals surface area contributed by atoms with Gasteiger partial charge in [-0.2, -0.15) is 0 Å². The van der Waals surface area contributed by atoms with Crippen LogP contribution < -0.4 is 5.32 Å². The van der Waals surface area contributed by atoms with Crippen molar-refractivity contribution in [2.45, 2.75) is 18.9 Å². The quantitative estimate of drug-likeness (QED) is 0.940. The Kier molecular flexibility index (Phi) is 4.54. The minimum atomic E-state index is 0.0112. The molecule has 1 aliphatic heterocycles. The zero-order valence-electron chi connectivity index (χ0n) is 13.0. The summed E-state index contributed by atoms with van der Waals surface area (Å²) < 4.78 is 0. The van der Waals surface area contributed by atoms with Crippen molar-refractivity contribution in [2.75, 3.05) is 20.1 Å². The van der Waals surface area contributed by atoms with E-state index in [1.54, 1.807) is 7.05 Å². The van der Waals surface area contributed by atoms with Crippen LogP contribution in [0.15, 0.2) is 54.6 Å². The molecule has 3 rings (SSSR count). The summed E-state index contributed by atoms with van der Waals surface area (Å²) in [7, 11) is 1.69. The summed E-state index contributed by atoms with van der Waals surface area (Å²) in [6.45, 7) is 3.09. The van der Waals surface area contributed by atoms with Crippen molar-refractivity contribution in [1.82, 2.24) is 10.2 Å². The molecule has 0 spiro atoms. The Balaban J connectivity index is 1.72. The Labute approximate surface area is 132 Å². The average Bonchev–Trinajstić information content (AvgIpc) is 3.03. The molecule has 1 heterocycles. The van der Waals surface area contributed by atoms with E-state index < -0.39 is 0 Å². The number of likely N-dealkylation sites (tertiary alicyclic amines) is 1. The lowest BCUT2D eigenvalue weighted by Crippen LogP contribution is -2.22. The van der Waals surface area contributed by atoms with Crippen LogP contribution in [0.1, 0.15) is 33.8 Å². The summed E-state index contributed by atoms with van der Waals surface area (Å²) in [6.07, 6.45) is 1.11. The fourth-order valence-electron chi connectivity index (χ4n) is 3.27. The molecule has 1 aliphatic rings. The molecule has 1 saturated heterocycles. The van der Waals surface area contributed by atoms with Crippen molar-refractivity contribution in [2.24, 2.45) is 0 Å². The second-order valence-corrected chi connectivity index (χ2v) is 5.87. The van der Waals surface area contributed by atoms with Gasteiger partial charge in [0, 0.05) is 25.7 Å². The van der Waals surface area contributed by atoms with Gasteiger partial charge in [-0.3, -0.25) is 9.69 Å². The minimum absolute atomic E-state index is 0.0112. The second-order valence-electron chi connectivity index (χ2n) is 5.87. The average molecular weight is 294 g/mol. The molecule has 1 atom stereocenters. The van der Waals surface area contributed by atoms with Gasteiger partial charge in [-0.1, -0.05) is 48.5 Å². The Hall–Kier alpha value is -2.13. The highest BCUT2D eigenvalue weighted by molar-refractivity contribution is 5.95. The predicted octanol–water partition coefficient (Wildman–Crippen LogP) is 3.04. The zero-order chi connectivity index (χ0) is 15.4. The number of benzene rings is 2. The summed E-state index contributed by atoms with van der Waals surface area (Å²) in [5, 5.41) is 2.74. The standard InChI is InChI=1S/C19H22N2O/c1-20-19(22)18-10-6-5-9-17(18)16-11-12-21(14-16)13-15-7-3-2-4-8-15/h2-10,16H,11-14H2,1H3,(H,20,22). The monoisotopic (exact) mass is 294 g/mol. The first-order chi connectivity index (χ1) is 10.8. The van der Waals surface area contributed by atoms with E-state index in [9.17, 15) is 4.79 Å². The number of amides is 1. The maximum Gasteiger partial charge on any atom is 0.251 e. The first-order valence-corrected chi connectivity index (χ1v) is 7.85. The Morgan fingerprint density at radius 3 is 2.64 bits per heavy atom. The first kappa shape index (κ1) is 14.8. The van der Waals surface area contributed by atoms with Crippen molar-refractivity contribution in [3.8, 4) is 0 Å². The van der Waals surface area contributed by atoms with Crippen LogP contribution in [0, 0.1) is 0 Å². The molecule has 3 nitrogen and oxygen atoms in total. The van der Waals surface area contributed by atoms with Gasteiger partial charge in [0.1, 0.15) is 0 Å².